The Kier molecular flexibility index (Phi) is 4.20. The predicted octanol–water partition coefficient (Wildman–Crippen LogP) is 1.08. The Morgan fingerprint density at radius 3 is 2.68 bits per heavy atom. The average molecular weight is 270 g/mol. The van der Waals surface area contributed by atoms with E-state index in [-0.39, 0.29) is 11.5 Å². The third-order valence-corrected chi connectivity index (χ3v) is 1.91. The summed E-state index contributed by atoms with van der Waals surface area (Å²) in [5, 5.41) is 18.5. The van der Waals surface area contributed by atoms with Crippen molar-refractivity contribution in [3.8, 4) is 0 Å². The van der Waals surface area contributed by atoms with Crippen molar-refractivity contribution in [3.63, 3.8) is 0 Å². The number of nitrogens with zero attached hydrogens (tertiary/aromatic N) is 2. The van der Waals surface area contributed by atoms with Crippen LogP contribution in [0, 0.1) is 10.1 Å². The van der Waals surface area contributed by atoms with Gasteiger partial charge in [0.15, 0.2) is 0 Å². The smallest absolute Gasteiger partial charge is 0.408 e. The maximum absolute atomic E-state index is 11.5. The SMILES string of the molecule is CC(C)(C)OC(=O)NC(C=O)c1cc([N+](=O)[O-])[nH]n1. The number of carbonyl (C=O) groups excluding carboxylic acids is 2. The largest absolute Gasteiger partial charge is 0.444 e. The van der Waals surface area contributed by atoms with Gasteiger partial charge in [0, 0.05) is 0 Å². The van der Waals surface area contributed by atoms with Gasteiger partial charge in [0.2, 0.25) is 0 Å². The van der Waals surface area contributed by atoms with Crippen LogP contribution in [0.25, 0.3) is 0 Å². The van der Waals surface area contributed by atoms with Gasteiger partial charge >= 0.3 is 11.9 Å². The van der Waals surface area contributed by atoms with Crippen LogP contribution in [-0.4, -0.2) is 33.1 Å². The van der Waals surface area contributed by atoms with Crippen LogP contribution in [0.4, 0.5) is 10.6 Å². The molecule has 2 N–H and O–H groups in total. The number of nitrogens with one attached hydrogen (secondary N) is 2. The molecule has 9 heteroatoms. The fourth-order valence-corrected chi connectivity index (χ4v) is 1.19. The number of hydrogen-bond donors (Lipinski definition) is 2. The molecule has 1 aromatic heterocycles. The van der Waals surface area contributed by atoms with E-state index < -0.39 is 22.7 Å². The molecule has 0 bridgehead atoms. The first-order chi connectivity index (χ1) is 8.73. The molecule has 104 valence electrons. The molecule has 0 aliphatic heterocycles. The zero-order valence-corrected chi connectivity index (χ0v) is 10.7. The summed E-state index contributed by atoms with van der Waals surface area (Å²) in [5.74, 6) is -0.368. The van der Waals surface area contributed by atoms with Crippen LogP contribution in [0.2, 0.25) is 0 Å². The molecule has 0 saturated heterocycles. The average Bonchev–Trinajstić information content (AvgIpc) is 2.72. The topological polar surface area (TPSA) is 127 Å². The highest BCUT2D eigenvalue weighted by atomic mass is 16.6. The number of ether oxygens (including phenoxy) is 1. The number of alkyl carbamates (subject to hydrolysis) is 1. The second kappa shape index (κ2) is 5.46. The summed E-state index contributed by atoms with van der Waals surface area (Å²) in [5.41, 5.74) is -0.678. The van der Waals surface area contributed by atoms with Crippen molar-refractivity contribution in [1.82, 2.24) is 15.5 Å². The molecule has 0 spiro atoms. The molecule has 0 aromatic carbocycles. The highest BCUT2D eigenvalue weighted by Gasteiger charge is 2.23. The first-order valence-electron chi connectivity index (χ1n) is 5.37. The zero-order chi connectivity index (χ0) is 14.6. The first kappa shape index (κ1) is 14.6. The van der Waals surface area contributed by atoms with Crippen LogP contribution in [0.15, 0.2) is 6.07 Å². The quantitative estimate of drug-likeness (QED) is 0.478. The van der Waals surface area contributed by atoms with E-state index in [1.54, 1.807) is 20.8 Å². The lowest BCUT2D eigenvalue weighted by Crippen LogP contribution is -2.35. The molecular weight excluding hydrogens is 256 g/mol. The van der Waals surface area contributed by atoms with Gasteiger partial charge < -0.3 is 25.0 Å². The number of aromatic amines is 1. The van der Waals surface area contributed by atoms with E-state index >= 15 is 0 Å². The lowest BCUT2D eigenvalue weighted by molar-refractivity contribution is -0.389. The summed E-state index contributed by atoms with van der Waals surface area (Å²) in [7, 11) is 0. The minimum absolute atomic E-state index is 0.0348. The Morgan fingerprint density at radius 1 is 1.63 bits per heavy atom. The number of aromatic nitrogens is 2. The van der Waals surface area contributed by atoms with Gasteiger partial charge in [-0.2, -0.15) is 0 Å². The van der Waals surface area contributed by atoms with Gasteiger partial charge in [-0.25, -0.2) is 4.79 Å². The van der Waals surface area contributed by atoms with Crippen LogP contribution in [0.3, 0.4) is 0 Å². The molecule has 1 unspecified atom stereocenters. The molecule has 0 radical (unpaired) electrons. The molecule has 1 rings (SSSR count). The van der Waals surface area contributed by atoms with Gasteiger partial charge in [-0.3, -0.25) is 0 Å². The zero-order valence-electron chi connectivity index (χ0n) is 10.7. The Hall–Kier alpha value is -2.45. The number of hydrogen-bond acceptors (Lipinski definition) is 6. The van der Waals surface area contributed by atoms with Gasteiger partial charge in [0.25, 0.3) is 0 Å². The van der Waals surface area contributed by atoms with Crippen molar-refractivity contribution in [3.05, 3.63) is 21.9 Å². The van der Waals surface area contributed by atoms with Crippen molar-refractivity contribution < 1.29 is 19.2 Å². The second-order valence-electron chi connectivity index (χ2n) is 4.70. The van der Waals surface area contributed by atoms with Crippen LogP contribution < -0.4 is 5.32 Å². The third kappa shape index (κ3) is 4.37. The highest BCUT2D eigenvalue weighted by molar-refractivity contribution is 5.74. The lowest BCUT2D eigenvalue weighted by Gasteiger charge is -2.20. The van der Waals surface area contributed by atoms with E-state index in [2.05, 4.69) is 15.5 Å². The van der Waals surface area contributed by atoms with Gasteiger partial charge in [0.1, 0.15) is 23.6 Å². The van der Waals surface area contributed by atoms with E-state index in [4.69, 9.17) is 4.74 Å². The molecule has 1 atom stereocenters. The van der Waals surface area contributed by atoms with Gasteiger partial charge in [-0.1, -0.05) is 5.10 Å². The van der Waals surface area contributed by atoms with Crippen molar-refractivity contribution >= 4 is 18.2 Å². The maximum Gasteiger partial charge on any atom is 0.408 e. The van der Waals surface area contributed by atoms with E-state index in [1.165, 1.54) is 0 Å². The molecule has 19 heavy (non-hydrogen) atoms. The monoisotopic (exact) mass is 270 g/mol. The molecule has 1 heterocycles. The Balaban J connectivity index is 2.75. The summed E-state index contributed by atoms with van der Waals surface area (Å²) in [6, 6.07) is -0.0454. The number of amides is 1. The van der Waals surface area contributed by atoms with Crippen LogP contribution in [0.5, 0.6) is 0 Å². The minimum Gasteiger partial charge on any atom is -0.444 e. The molecule has 1 amide bonds. The standard InChI is InChI=1S/C10H14N4O5/c1-10(2,3)19-9(16)11-7(5-15)6-4-8(13-12-6)14(17)18/h4-5,7H,1-3H3,(H,11,16)(H,12,13). The number of carbonyl (C=O) groups is 2. The van der Waals surface area contributed by atoms with E-state index in [9.17, 15) is 19.7 Å². The fraction of sp³-hybridized carbons (Fsp3) is 0.500. The summed E-state index contributed by atoms with van der Waals surface area (Å²) in [6.45, 7) is 5.01. The molecule has 0 aliphatic carbocycles. The fourth-order valence-electron chi connectivity index (χ4n) is 1.19. The summed E-state index contributed by atoms with van der Waals surface area (Å²) >= 11 is 0. The number of rotatable bonds is 4. The number of nitro groups is 1. The van der Waals surface area contributed by atoms with Gasteiger partial charge in [-0.05, 0) is 25.7 Å². The molecule has 0 fully saturated rings. The third-order valence-electron chi connectivity index (χ3n) is 1.91. The van der Waals surface area contributed by atoms with Gasteiger partial charge in [-0.15, -0.1) is 5.10 Å². The summed E-state index contributed by atoms with van der Waals surface area (Å²) < 4.78 is 4.96. The molecule has 1 aromatic rings. The van der Waals surface area contributed by atoms with Crippen molar-refractivity contribution in [2.24, 2.45) is 0 Å². The Bertz CT molecular complexity index is 490. The maximum atomic E-state index is 11.5. The normalized spacial score (nSPS) is 12.6. The number of H-pyrrole nitrogens is 1. The van der Waals surface area contributed by atoms with Crippen LogP contribution >= 0.6 is 0 Å². The predicted molar refractivity (Wildman–Crippen MR) is 63.4 cm³/mol. The van der Waals surface area contributed by atoms with Crippen molar-refractivity contribution in [2.75, 3.05) is 0 Å². The summed E-state index contributed by atoms with van der Waals surface area (Å²) in [4.78, 5) is 32.1. The van der Waals surface area contributed by atoms with E-state index in [1.807, 2.05) is 0 Å². The van der Waals surface area contributed by atoms with Crippen molar-refractivity contribution in [2.45, 2.75) is 32.4 Å². The highest BCUT2D eigenvalue weighted by Crippen LogP contribution is 2.15. The van der Waals surface area contributed by atoms with Crippen LogP contribution in [0.1, 0.15) is 32.5 Å². The second-order valence-corrected chi connectivity index (χ2v) is 4.70. The Morgan fingerprint density at radius 2 is 2.26 bits per heavy atom. The molecule has 0 saturated carbocycles. The van der Waals surface area contributed by atoms with E-state index in [0.29, 0.717) is 6.29 Å². The number of aldehydes is 1. The summed E-state index contributed by atoms with van der Waals surface area (Å²) in [6.07, 6.45) is -0.403. The molecule has 9 nitrogen and oxygen atoms in total. The molecular formula is C10H14N4O5. The van der Waals surface area contributed by atoms with E-state index in [0.717, 1.165) is 6.07 Å². The first-order valence-corrected chi connectivity index (χ1v) is 5.37. The Labute approximate surface area is 108 Å². The lowest BCUT2D eigenvalue weighted by atomic mass is 10.2. The molecule has 0 aliphatic rings. The minimum atomic E-state index is -1.11. The van der Waals surface area contributed by atoms with Gasteiger partial charge in [0.05, 0.1) is 6.07 Å². The van der Waals surface area contributed by atoms with Crippen LogP contribution in [-0.2, 0) is 9.53 Å². The van der Waals surface area contributed by atoms with Crippen molar-refractivity contribution in [1.29, 1.82) is 0 Å².